The number of fused-ring (bicyclic) bond motifs is 1. The minimum atomic E-state index is -0.267. The first-order valence-corrected chi connectivity index (χ1v) is 6.98. The highest BCUT2D eigenvalue weighted by atomic mass is 16.5. The molecule has 3 rings (SSSR count). The number of amides is 1. The quantitative estimate of drug-likeness (QED) is 0.875. The SMILES string of the molecule is Cc1ncc2c(n1)CCC[C@H]2NC(=O)[C@@H]1CCCO1. The van der Waals surface area contributed by atoms with Crippen LogP contribution in [0.15, 0.2) is 6.20 Å². The summed E-state index contributed by atoms with van der Waals surface area (Å²) in [5.41, 5.74) is 2.15. The van der Waals surface area contributed by atoms with Crippen LogP contribution >= 0.6 is 0 Å². The van der Waals surface area contributed by atoms with Gasteiger partial charge in [-0.2, -0.15) is 0 Å². The number of nitrogens with zero attached hydrogens (tertiary/aromatic N) is 2. The lowest BCUT2D eigenvalue weighted by Crippen LogP contribution is -2.38. The Morgan fingerprint density at radius 1 is 1.42 bits per heavy atom. The van der Waals surface area contributed by atoms with E-state index in [9.17, 15) is 4.79 Å². The van der Waals surface area contributed by atoms with Crippen molar-refractivity contribution in [2.45, 2.75) is 51.2 Å². The maximum Gasteiger partial charge on any atom is 0.249 e. The number of carbonyl (C=O) groups is 1. The molecule has 1 aromatic heterocycles. The van der Waals surface area contributed by atoms with Crippen LogP contribution < -0.4 is 5.32 Å². The molecule has 5 heteroatoms. The molecule has 2 aliphatic rings. The molecule has 0 spiro atoms. The Labute approximate surface area is 112 Å². The average molecular weight is 261 g/mol. The number of carbonyl (C=O) groups excluding carboxylic acids is 1. The molecular formula is C14H19N3O2. The molecule has 102 valence electrons. The van der Waals surface area contributed by atoms with E-state index in [0.29, 0.717) is 6.61 Å². The molecule has 1 saturated heterocycles. The molecule has 1 N–H and O–H groups in total. The highest BCUT2D eigenvalue weighted by molar-refractivity contribution is 5.81. The minimum absolute atomic E-state index is 0.0101. The third-order valence-electron chi connectivity index (χ3n) is 3.84. The molecule has 5 nitrogen and oxygen atoms in total. The zero-order valence-corrected chi connectivity index (χ0v) is 11.2. The van der Waals surface area contributed by atoms with E-state index in [1.54, 1.807) is 0 Å². The largest absolute Gasteiger partial charge is 0.368 e. The summed E-state index contributed by atoms with van der Waals surface area (Å²) < 4.78 is 5.42. The van der Waals surface area contributed by atoms with Crippen LogP contribution in [0, 0.1) is 6.92 Å². The number of rotatable bonds is 2. The monoisotopic (exact) mass is 261 g/mol. The van der Waals surface area contributed by atoms with E-state index in [1.165, 1.54) is 0 Å². The van der Waals surface area contributed by atoms with Crippen LogP contribution in [0.2, 0.25) is 0 Å². The molecule has 0 radical (unpaired) electrons. The van der Waals surface area contributed by atoms with Gasteiger partial charge in [0.15, 0.2) is 0 Å². The van der Waals surface area contributed by atoms with Crippen LogP contribution in [-0.2, 0) is 16.0 Å². The summed E-state index contributed by atoms with van der Waals surface area (Å²) in [6, 6.07) is 0.0426. The van der Waals surface area contributed by atoms with E-state index in [2.05, 4.69) is 15.3 Å². The van der Waals surface area contributed by atoms with E-state index < -0.39 is 0 Å². The highest BCUT2D eigenvalue weighted by Gasteiger charge is 2.28. The van der Waals surface area contributed by atoms with E-state index in [4.69, 9.17) is 4.74 Å². The Morgan fingerprint density at radius 2 is 2.32 bits per heavy atom. The highest BCUT2D eigenvalue weighted by Crippen LogP contribution is 2.28. The number of nitrogens with one attached hydrogen (secondary N) is 1. The van der Waals surface area contributed by atoms with Gasteiger partial charge in [0.2, 0.25) is 5.91 Å². The van der Waals surface area contributed by atoms with E-state index in [-0.39, 0.29) is 18.1 Å². The van der Waals surface area contributed by atoms with E-state index >= 15 is 0 Å². The van der Waals surface area contributed by atoms with Crippen molar-refractivity contribution in [3.8, 4) is 0 Å². The number of ether oxygens (including phenoxy) is 1. The third-order valence-corrected chi connectivity index (χ3v) is 3.84. The maximum absolute atomic E-state index is 12.1. The Morgan fingerprint density at radius 3 is 3.11 bits per heavy atom. The Balaban J connectivity index is 1.74. The zero-order chi connectivity index (χ0) is 13.2. The number of aryl methyl sites for hydroxylation is 2. The molecule has 1 aliphatic carbocycles. The van der Waals surface area contributed by atoms with Gasteiger partial charge >= 0.3 is 0 Å². The van der Waals surface area contributed by atoms with Crippen molar-refractivity contribution in [2.24, 2.45) is 0 Å². The van der Waals surface area contributed by atoms with Crippen LogP contribution in [0.4, 0.5) is 0 Å². The van der Waals surface area contributed by atoms with Crippen molar-refractivity contribution in [1.29, 1.82) is 0 Å². The molecule has 2 atom stereocenters. The molecule has 0 saturated carbocycles. The second-order valence-corrected chi connectivity index (χ2v) is 5.27. The molecule has 1 amide bonds. The van der Waals surface area contributed by atoms with Crippen molar-refractivity contribution in [3.05, 3.63) is 23.3 Å². The summed E-state index contributed by atoms with van der Waals surface area (Å²) >= 11 is 0. The van der Waals surface area contributed by atoms with Crippen molar-refractivity contribution in [1.82, 2.24) is 15.3 Å². The third kappa shape index (κ3) is 2.61. The van der Waals surface area contributed by atoms with Crippen LogP contribution in [-0.4, -0.2) is 28.6 Å². The number of hydrogen-bond donors (Lipinski definition) is 1. The minimum Gasteiger partial charge on any atom is -0.368 e. The molecular weight excluding hydrogens is 242 g/mol. The fourth-order valence-corrected chi connectivity index (χ4v) is 2.85. The Bertz CT molecular complexity index is 484. The first-order chi connectivity index (χ1) is 9.24. The van der Waals surface area contributed by atoms with Gasteiger partial charge in [0.25, 0.3) is 0 Å². The molecule has 0 aromatic carbocycles. The van der Waals surface area contributed by atoms with Gasteiger partial charge in [-0.25, -0.2) is 9.97 Å². The van der Waals surface area contributed by atoms with Gasteiger partial charge in [-0.15, -0.1) is 0 Å². The predicted molar refractivity (Wildman–Crippen MR) is 69.6 cm³/mol. The average Bonchev–Trinajstić information content (AvgIpc) is 2.92. The first-order valence-electron chi connectivity index (χ1n) is 6.98. The van der Waals surface area contributed by atoms with Gasteiger partial charge in [0.1, 0.15) is 11.9 Å². The lowest BCUT2D eigenvalue weighted by atomic mass is 9.92. The van der Waals surface area contributed by atoms with Crippen LogP contribution in [0.3, 0.4) is 0 Å². The number of aromatic nitrogens is 2. The lowest BCUT2D eigenvalue weighted by molar-refractivity contribution is -0.130. The lowest BCUT2D eigenvalue weighted by Gasteiger charge is -2.26. The van der Waals surface area contributed by atoms with Gasteiger partial charge in [0.05, 0.1) is 6.04 Å². The normalized spacial score (nSPS) is 25.9. The molecule has 1 aromatic rings. The topological polar surface area (TPSA) is 64.1 Å². The Hall–Kier alpha value is -1.49. The zero-order valence-electron chi connectivity index (χ0n) is 11.2. The fraction of sp³-hybridized carbons (Fsp3) is 0.643. The molecule has 2 heterocycles. The summed E-state index contributed by atoms with van der Waals surface area (Å²) in [5, 5.41) is 3.09. The van der Waals surface area contributed by atoms with Crippen LogP contribution in [0.5, 0.6) is 0 Å². The van der Waals surface area contributed by atoms with Gasteiger partial charge in [-0.3, -0.25) is 4.79 Å². The summed E-state index contributed by atoms with van der Waals surface area (Å²) in [6.45, 7) is 2.59. The van der Waals surface area contributed by atoms with Gasteiger partial charge in [-0.05, 0) is 39.0 Å². The molecule has 0 unspecified atom stereocenters. The molecule has 1 aliphatic heterocycles. The van der Waals surface area contributed by atoms with Gasteiger partial charge < -0.3 is 10.1 Å². The standard InChI is InChI=1S/C14H19N3O2/c1-9-15-8-10-11(16-9)4-2-5-12(10)17-14(18)13-6-3-7-19-13/h8,12-13H,2-7H2,1H3,(H,17,18)/t12-,13+/m1/s1. The van der Waals surface area contributed by atoms with Crippen molar-refractivity contribution in [2.75, 3.05) is 6.61 Å². The summed E-state index contributed by atoms with van der Waals surface area (Å²) in [5.74, 6) is 0.806. The van der Waals surface area contributed by atoms with E-state index in [0.717, 1.165) is 49.2 Å². The number of hydrogen-bond acceptors (Lipinski definition) is 4. The summed E-state index contributed by atoms with van der Waals surface area (Å²) in [4.78, 5) is 20.8. The second kappa shape index (κ2) is 5.25. The van der Waals surface area contributed by atoms with Crippen molar-refractivity contribution >= 4 is 5.91 Å². The first kappa shape index (κ1) is 12.5. The Kier molecular flexibility index (Phi) is 3.46. The summed E-state index contributed by atoms with van der Waals surface area (Å²) in [6.07, 6.45) is 6.38. The molecule has 0 bridgehead atoms. The smallest absolute Gasteiger partial charge is 0.249 e. The summed E-state index contributed by atoms with van der Waals surface area (Å²) in [7, 11) is 0. The van der Waals surface area contributed by atoms with Crippen LogP contribution in [0.1, 0.15) is 48.8 Å². The maximum atomic E-state index is 12.1. The molecule has 1 fully saturated rings. The van der Waals surface area contributed by atoms with Gasteiger partial charge in [0, 0.05) is 24.1 Å². The van der Waals surface area contributed by atoms with Crippen molar-refractivity contribution in [3.63, 3.8) is 0 Å². The molecule has 19 heavy (non-hydrogen) atoms. The van der Waals surface area contributed by atoms with Gasteiger partial charge in [-0.1, -0.05) is 0 Å². The van der Waals surface area contributed by atoms with Crippen LogP contribution in [0.25, 0.3) is 0 Å². The van der Waals surface area contributed by atoms with E-state index in [1.807, 2.05) is 13.1 Å². The second-order valence-electron chi connectivity index (χ2n) is 5.27. The predicted octanol–water partition coefficient (Wildman–Crippen LogP) is 1.46. The van der Waals surface area contributed by atoms with Crippen molar-refractivity contribution < 1.29 is 9.53 Å². The fourth-order valence-electron chi connectivity index (χ4n) is 2.85.